The Morgan fingerprint density at radius 3 is 2.54 bits per heavy atom. The maximum absolute atomic E-state index is 14.5. The van der Waals surface area contributed by atoms with E-state index < -0.39 is 40.8 Å². The van der Waals surface area contributed by atoms with E-state index in [1.165, 1.54) is 19.9 Å². The van der Waals surface area contributed by atoms with Gasteiger partial charge in [0.15, 0.2) is 0 Å². The number of aliphatic hydroxyl groups is 1. The zero-order chi connectivity index (χ0) is 19.4. The maximum atomic E-state index is 14.5. The Bertz CT molecular complexity index is 908. The van der Waals surface area contributed by atoms with Crippen LogP contribution in [0.25, 0.3) is 5.69 Å². The van der Waals surface area contributed by atoms with Crippen molar-refractivity contribution in [3.8, 4) is 11.8 Å². The van der Waals surface area contributed by atoms with Gasteiger partial charge in [-0.15, -0.1) is 0 Å². The first-order chi connectivity index (χ1) is 12.0. The molecule has 3 nitrogen and oxygen atoms in total. The zero-order valence-corrected chi connectivity index (χ0v) is 13.9. The van der Waals surface area contributed by atoms with E-state index in [1.807, 2.05) is 0 Å². The van der Waals surface area contributed by atoms with Crippen LogP contribution in [0, 0.1) is 22.6 Å². The summed E-state index contributed by atoms with van der Waals surface area (Å²) in [5, 5.41) is 19.2. The number of halogens is 5. The molecule has 2 atom stereocenters. The van der Waals surface area contributed by atoms with Crippen molar-refractivity contribution in [1.29, 1.82) is 5.26 Å². The van der Waals surface area contributed by atoms with Crippen molar-refractivity contribution in [3.63, 3.8) is 0 Å². The quantitative estimate of drug-likeness (QED) is 0.754. The molecule has 0 bridgehead atoms. The first-order valence-corrected chi connectivity index (χ1v) is 7.81. The fourth-order valence-corrected chi connectivity index (χ4v) is 3.38. The second kappa shape index (κ2) is 5.81. The highest BCUT2D eigenvalue weighted by molar-refractivity contribution is 5.49. The Balaban J connectivity index is 2.29. The molecule has 0 fully saturated rings. The number of aromatic nitrogens is 1. The third kappa shape index (κ3) is 2.76. The summed E-state index contributed by atoms with van der Waals surface area (Å²) in [6.07, 6.45) is -7.89. The van der Waals surface area contributed by atoms with Gasteiger partial charge in [-0.3, -0.25) is 0 Å². The van der Waals surface area contributed by atoms with Crippen molar-refractivity contribution in [2.45, 2.75) is 38.7 Å². The van der Waals surface area contributed by atoms with Crippen LogP contribution in [0.1, 0.15) is 42.3 Å². The van der Waals surface area contributed by atoms with Crippen molar-refractivity contribution in [2.75, 3.05) is 0 Å². The van der Waals surface area contributed by atoms with Gasteiger partial charge in [0.05, 0.1) is 11.1 Å². The molecule has 1 heterocycles. The molecule has 0 amide bonds. The Morgan fingerprint density at radius 1 is 1.31 bits per heavy atom. The molecule has 1 aliphatic rings. The average Bonchev–Trinajstić information content (AvgIpc) is 2.92. The Hall–Kier alpha value is -2.40. The highest BCUT2D eigenvalue weighted by Gasteiger charge is 2.48. The number of rotatable bonds is 1. The minimum absolute atomic E-state index is 0.0596. The van der Waals surface area contributed by atoms with Crippen molar-refractivity contribution < 1.29 is 27.1 Å². The number of nitriles is 1. The Kier molecular flexibility index (Phi) is 4.11. The molecule has 26 heavy (non-hydrogen) atoms. The number of hydrogen-bond acceptors (Lipinski definition) is 2. The van der Waals surface area contributed by atoms with Gasteiger partial charge in [-0.05, 0) is 24.6 Å². The lowest BCUT2D eigenvalue weighted by Gasteiger charge is -2.38. The predicted octanol–water partition coefficient (Wildman–Crippen LogP) is 4.46. The summed E-state index contributed by atoms with van der Waals surface area (Å²) in [5.74, 6) is -0.794. The number of nitrogens with zero attached hydrogens (tertiary/aromatic N) is 2. The summed E-state index contributed by atoms with van der Waals surface area (Å²) >= 11 is 0. The third-order valence-electron chi connectivity index (χ3n) is 4.75. The van der Waals surface area contributed by atoms with Crippen LogP contribution in [0.4, 0.5) is 22.0 Å². The van der Waals surface area contributed by atoms with Gasteiger partial charge in [0.2, 0.25) is 0 Å². The molecule has 1 aromatic carbocycles. The van der Waals surface area contributed by atoms with Gasteiger partial charge >= 0.3 is 6.18 Å². The molecule has 1 aliphatic carbocycles. The summed E-state index contributed by atoms with van der Waals surface area (Å²) < 4.78 is 69.5. The van der Waals surface area contributed by atoms with E-state index in [2.05, 4.69) is 0 Å². The van der Waals surface area contributed by atoms with Crippen LogP contribution in [-0.4, -0.2) is 15.8 Å². The first kappa shape index (κ1) is 18.4. The van der Waals surface area contributed by atoms with E-state index in [0.29, 0.717) is 0 Å². The van der Waals surface area contributed by atoms with Gasteiger partial charge in [0.25, 0.3) is 0 Å². The lowest BCUT2D eigenvalue weighted by molar-refractivity contribution is -0.140. The van der Waals surface area contributed by atoms with Gasteiger partial charge in [-0.2, -0.15) is 18.4 Å². The molecule has 0 saturated heterocycles. The molecule has 1 N–H and O–H groups in total. The maximum Gasteiger partial charge on any atom is 0.418 e. The van der Waals surface area contributed by atoms with E-state index in [1.54, 1.807) is 6.07 Å². The number of benzene rings is 1. The number of aliphatic hydroxyl groups excluding tert-OH is 1. The van der Waals surface area contributed by atoms with Crippen molar-refractivity contribution in [1.82, 2.24) is 4.57 Å². The molecule has 0 saturated carbocycles. The molecular formula is C18H15F5N2O. The summed E-state index contributed by atoms with van der Waals surface area (Å²) in [7, 11) is 0. The Labute approximate surface area is 146 Å². The molecule has 2 aromatic rings. The van der Waals surface area contributed by atoms with E-state index in [-0.39, 0.29) is 23.4 Å². The van der Waals surface area contributed by atoms with Crippen LogP contribution in [0.2, 0.25) is 0 Å². The van der Waals surface area contributed by atoms with Crippen molar-refractivity contribution in [2.24, 2.45) is 5.41 Å². The predicted molar refractivity (Wildman–Crippen MR) is 82.8 cm³/mol. The summed E-state index contributed by atoms with van der Waals surface area (Å²) in [6.45, 7) is 3.03. The van der Waals surface area contributed by atoms with Crippen LogP contribution < -0.4 is 0 Å². The lowest BCUT2D eigenvalue weighted by Crippen LogP contribution is -2.39. The molecule has 2 unspecified atom stereocenters. The zero-order valence-electron chi connectivity index (χ0n) is 13.9. The molecule has 0 radical (unpaired) electrons. The minimum Gasteiger partial charge on any atom is -0.385 e. The molecule has 0 spiro atoms. The van der Waals surface area contributed by atoms with Crippen LogP contribution in [0.15, 0.2) is 24.4 Å². The first-order valence-electron chi connectivity index (χ1n) is 7.81. The standard InChI is InChI=1S/C18H15F5N2O/c1-17(2)6-13-14(15(26)16(17)20)11(18(21,22)23)8-25(13)10-3-4-12(19)9(5-10)7-24/h3-5,8,15-16,26H,6H2,1-2H3. The average molecular weight is 370 g/mol. The van der Waals surface area contributed by atoms with Crippen LogP contribution in [0.5, 0.6) is 0 Å². The van der Waals surface area contributed by atoms with Crippen molar-refractivity contribution >= 4 is 0 Å². The fraction of sp³-hybridized carbons (Fsp3) is 0.389. The second-order valence-corrected chi connectivity index (χ2v) is 7.06. The monoisotopic (exact) mass is 370 g/mol. The SMILES string of the molecule is CC1(C)Cc2c(c(C(F)(F)F)cn2-c2ccc(F)c(C#N)c2)C(O)C1F. The van der Waals surface area contributed by atoms with E-state index in [0.717, 1.165) is 22.9 Å². The van der Waals surface area contributed by atoms with Gasteiger partial charge in [0, 0.05) is 28.6 Å². The fourth-order valence-electron chi connectivity index (χ4n) is 3.38. The number of hydrogen-bond donors (Lipinski definition) is 1. The van der Waals surface area contributed by atoms with Gasteiger partial charge in [-0.25, -0.2) is 8.78 Å². The van der Waals surface area contributed by atoms with E-state index >= 15 is 0 Å². The highest BCUT2D eigenvalue weighted by Crippen LogP contribution is 2.48. The normalized spacial score (nSPS) is 22.0. The highest BCUT2D eigenvalue weighted by atomic mass is 19.4. The van der Waals surface area contributed by atoms with E-state index in [9.17, 15) is 27.1 Å². The third-order valence-corrected chi connectivity index (χ3v) is 4.75. The van der Waals surface area contributed by atoms with E-state index in [4.69, 9.17) is 5.26 Å². The van der Waals surface area contributed by atoms with Gasteiger partial charge in [0.1, 0.15) is 24.2 Å². The van der Waals surface area contributed by atoms with Crippen LogP contribution >= 0.6 is 0 Å². The topological polar surface area (TPSA) is 49.0 Å². The van der Waals surface area contributed by atoms with Crippen molar-refractivity contribution in [3.05, 3.63) is 52.6 Å². The molecular weight excluding hydrogens is 355 g/mol. The van der Waals surface area contributed by atoms with Crippen LogP contribution in [0.3, 0.4) is 0 Å². The molecule has 1 aromatic heterocycles. The summed E-state index contributed by atoms with van der Waals surface area (Å²) in [6, 6.07) is 4.97. The molecule has 138 valence electrons. The second-order valence-electron chi connectivity index (χ2n) is 7.06. The van der Waals surface area contributed by atoms with Gasteiger partial charge in [-0.1, -0.05) is 13.8 Å². The number of alkyl halides is 4. The van der Waals surface area contributed by atoms with Crippen LogP contribution in [-0.2, 0) is 12.6 Å². The minimum atomic E-state index is -4.80. The smallest absolute Gasteiger partial charge is 0.385 e. The van der Waals surface area contributed by atoms with Gasteiger partial charge < -0.3 is 9.67 Å². The summed E-state index contributed by atoms with van der Waals surface area (Å²) in [5.41, 5.74) is -2.83. The molecule has 0 aliphatic heterocycles. The molecule has 3 rings (SSSR count). The molecule has 8 heteroatoms. The lowest BCUT2D eigenvalue weighted by atomic mass is 9.73. The largest absolute Gasteiger partial charge is 0.418 e. The Morgan fingerprint density at radius 2 is 1.96 bits per heavy atom. The number of fused-ring (bicyclic) bond motifs is 1. The summed E-state index contributed by atoms with van der Waals surface area (Å²) in [4.78, 5) is 0.